The van der Waals surface area contributed by atoms with E-state index in [2.05, 4.69) is 23.3 Å². The lowest BCUT2D eigenvalue weighted by Crippen LogP contribution is -2.39. The van der Waals surface area contributed by atoms with Crippen LogP contribution in [-0.4, -0.2) is 24.0 Å². The second kappa shape index (κ2) is 5.10. The highest BCUT2D eigenvalue weighted by Crippen LogP contribution is 2.21. The second-order valence-electron chi connectivity index (χ2n) is 4.34. The standard InChI is InChI=1S/C12H20N2S/c1-2-10-5-8-15-12(10)9-14-6-3-11(13)4-7-14/h5,8,11H,2-4,6-7,9,13H2,1H3. The van der Waals surface area contributed by atoms with Gasteiger partial charge < -0.3 is 5.73 Å². The van der Waals surface area contributed by atoms with Crippen LogP contribution >= 0.6 is 11.3 Å². The van der Waals surface area contributed by atoms with E-state index in [-0.39, 0.29) is 0 Å². The van der Waals surface area contributed by atoms with Crippen molar-refractivity contribution in [3.63, 3.8) is 0 Å². The van der Waals surface area contributed by atoms with Gasteiger partial charge in [-0.15, -0.1) is 11.3 Å². The van der Waals surface area contributed by atoms with Crippen LogP contribution in [0.5, 0.6) is 0 Å². The molecule has 2 nitrogen and oxygen atoms in total. The van der Waals surface area contributed by atoms with Crippen LogP contribution in [0, 0.1) is 0 Å². The van der Waals surface area contributed by atoms with Gasteiger partial charge in [0.2, 0.25) is 0 Å². The fraction of sp³-hybridized carbons (Fsp3) is 0.667. The first-order chi connectivity index (χ1) is 7.29. The highest BCUT2D eigenvalue weighted by Gasteiger charge is 2.17. The molecule has 1 aliphatic heterocycles. The van der Waals surface area contributed by atoms with E-state index in [1.807, 2.05) is 11.3 Å². The predicted octanol–water partition coefficient (Wildman–Crippen LogP) is 2.23. The number of thiophene rings is 1. The molecule has 0 bridgehead atoms. The molecule has 1 aromatic rings. The fourth-order valence-corrected chi connectivity index (χ4v) is 3.15. The molecule has 1 fully saturated rings. The molecule has 2 heterocycles. The summed E-state index contributed by atoms with van der Waals surface area (Å²) in [6.45, 7) is 5.70. The van der Waals surface area contributed by atoms with Crippen LogP contribution in [0.4, 0.5) is 0 Å². The predicted molar refractivity (Wildman–Crippen MR) is 66.2 cm³/mol. The van der Waals surface area contributed by atoms with Crippen molar-refractivity contribution in [2.24, 2.45) is 5.73 Å². The number of nitrogens with two attached hydrogens (primary N) is 1. The minimum atomic E-state index is 0.440. The summed E-state index contributed by atoms with van der Waals surface area (Å²) in [6, 6.07) is 2.70. The first-order valence-electron chi connectivity index (χ1n) is 5.82. The Hall–Kier alpha value is -0.380. The Kier molecular flexibility index (Phi) is 3.78. The van der Waals surface area contributed by atoms with Crippen molar-refractivity contribution >= 4 is 11.3 Å². The molecule has 84 valence electrons. The molecule has 0 radical (unpaired) electrons. The number of nitrogens with zero attached hydrogens (tertiary/aromatic N) is 1. The molecule has 15 heavy (non-hydrogen) atoms. The van der Waals surface area contributed by atoms with Crippen molar-refractivity contribution in [3.05, 3.63) is 21.9 Å². The Morgan fingerprint density at radius 2 is 2.20 bits per heavy atom. The normalized spacial score (nSPS) is 19.6. The molecule has 1 aromatic heterocycles. The summed E-state index contributed by atoms with van der Waals surface area (Å²) in [6.07, 6.45) is 3.48. The Balaban J connectivity index is 1.91. The molecular weight excluding hydrogens is 204 g/mol. The number of likely N-dealkylation sites (tertiary alicyclic amines) is 1. The van der Waals surface area contributed by atoms with Crippen molar-refractivity contribution in [2.45, 2.75) is 38.8 Å². The first-order valence-corrected chi connectivity index (χ1v) is 6.70. The Morgan fingerprint density at radius 1 is 1.47 bits per heavy atom. The number of piperidine rings is 1. The van der Waals surface area contributed by atoms with Gasteiger partial charge in [0.05, 0.1) is 0 Å². The molecule has 0 saturated carbocycles. The smallest absolute Gasteiger partial charge is 0.0330 e. The number of hydrogen-bond donors (Lipinski definition) is 1. The van der Waals surface area contributed by atoms with Gasteiger partial charge in [-0.2, -0.15) is 0 Å². The Bertz CT molecular complexity index is 300. The zero-order valence-corrected chi connectivity index (χ0v) is 10.2. The molecule has 0 spiro atoms. The van der Waals surface area contributed by atoms with Gasteiger partial charge in [-0.3, -0.25) is 4.90 Å². The van der Waals surface area contributed by atoms with E-state index in [4.69, 9.17) is 5.73 Å². The summed E-state index contributed by atoms with van der Waals surface area (Å²) in [5.41, 5.74) is 7.43. The third-order valence-electron chi connectivity index (χ3n) is 3.22. The Labute approximate surface area is 96.1 Å². The molecule has 1 aliphatic rings. The van der Waals surface area contributed by atoms with E-state index in [1.165, 1.54) is 18.7 Å². The molecular formula is C12H20N2S. The van der Waals surface area contributed by atoms with E-state index >= 15 is 0 Å². The van der Waals surface area contributed by atoms with Crippen molar-refractivity contribution in [1.82, 2.24) is 4.90 Å². The molecule has 0 aromatic carbocycles. The SMILES string of the molecule is CCc1ccsc1CN1CCC(N)CC1. The van der Waals surface area contributed by atoms with Crippen LogP contribution in [0.15, 0.2) is 11.4 Å². The van der Waals surface area contributed by atoms with Gasteiger partial charge in [-0.1, -0.05) is 6.92 Å². The number of hydrogen-bond acceptors (Lipinski definition) is 3. The lowest BCUT2D eigenvalue weighted by molar-refractivity contribution is 0.207. The highest BCUT2D eigenvalue weighted by molar-refractivity contribution is 7.10. The lowest BCUT2D eigenvalue weighted by atomic mass is 10.1. The van der Waals surface area contributed by atoms with Crippen molar-refractivity contribution < 1.29 is 0 Å². The molecule has 2 rings (SSSR count). The zero-order chi connectivity index (χ0) is 10.7. The van der Waals surface area contributed by atoms with Crippen LogP contribution < -0.4 is 5.73 Å². The van der Waals surface area contributed by atoms with Crippen LogP contribution in [0.25, 0.3) is 0 Å². The third-order valence-corrected chi connectivity index (χ3v) is 4.17. The van der Waals surface area contributed by atoms with Crippen molar-refractivity contribution in [2.75, 3.05) is 13.1 Å². The summed E-state index contributed by atoms with van der Waals surface area (Å²) in [4.78, 5) is 4.09. The van der Waals surface area contributed by atoms with Crippen LogP contribution in [0.3, 0.4) is 0 Å². The maximum Gasteiger partial charge on any atom is 0.0330 e. The van der Waals surface area contributed by atoms with Gasteiger partial charge in [0.1, 0.15) is 0 Å². The van der Waals surface area contributed by atoms with Gasteiger partial charge in [0.15, 0.2) is 0 Å². The second-order valence-corrected chi connectivity index (χ2v) is 5.34. The first kappa shape index (κ1) is 11.1. The van der Waals surface area contributed by atoms with Gasteiger partial charge in [0, 0.05) is 17.5 Å². The minimum absolute atomic E-state index is 0.440. The topological polar surface area (TPSA) is 29.3 Å². The van der Waals surface area contributed by atoms with Gasteiger partial charge in [-0.05, 0) is 49.4 Å². The molecule has 0 atom stereocenters. The third kappa shape index (κ3) is 2.80. The lowest BCUT2D eigenvalue weighted by Gasteiger charge is -2.29. The molecule has 0 amide bonds. The molecule has 1 saturated heterocycles. The van der Waals surface area contributed by atoms with E-state index < -0.39 is 0 Å². The van der Waals surface area contributed by atoms with Crippen LogP contribution in [0.1, 0.15) is 30.2 Å². The quantitative estimate of drug-likeness (QED) is 0.853. The average molecular weight is 224 g/mol. The summed E-state index contributed by atoms with van der Waals surface area (Å²) >= 11 is 1.90. The zero-order valence-electron chi connectivity index (χ0n) is 9.41. The number of aryl methyl sites for hydroxylation is 1. The average Bonchev–Trinajstić information content (AvgIpc) is 2.69. The van der Waals surface area contributed by atoms with Crippen LogP contribution in [0.2, 0.25) is 0 Å². The molecule has 0 unspecified atom stereocenters. The van der Waals surface area contributed by atoms with E-state index in [0.29, 0.717) is 6.04 Å². The van der Waals surface area contributed by atoms with E-state index in [1.54, 1.807) is 4.88 Å². The maximum absolute atomic E-state index is 5.90. The fourth-order valence-electron chi connectivity index (χ4n) is 2.13. The van der Waals surface area contributed by atoms with Crippen molar-refractivity contribution in [3.8, 4) is 0 Å². The molecule has 2 N–H and O–H groups in total. The molecule has 0 aliphatic carbocycles. The monoisotopic (exact) mass is 224 g/mol. The van der Waals surface area contributed by atoms with Crippen LogP contribution in [-0.2, 0) is 13.0 Å². The largest absolute Gasteiger partial charge is 0.328 e. The van der Waals surface area contributed by atoms with E-state index in [0.717, 1.165) is 25.8 Å². The van der Waals surface area contributed by atoms with E-state index in [9.17, 15) is 0 Å². The summed E-state index contributed by atoms with van der Waals surface area (Å²) in [5.74, 6) is 0. The van der Waals surface area contributed by atoms with Crippen molar-refractivity contribution in [1.29, 1.82) is 0 Å². The van der Waals surface area contributed by atoms with Gasteiger partial charge in [0.25, 0.3) is 0 Å². The maximum atomic E-state index is 5.90. The van der Waals surface area contributed by atoms with Gasteiger partial charge >= 0.3 is 0 Å². The minimum Gasteiger partial charge on any atom is -0.328 e. The highest BCUT2D eigenvalue weighted by atomic mass is 32.1. The summed E-state index contributed by atoms with van der Waals surface area (Å²) in [7, 11) is 0. The summed E-state index contributed by atoms with van der Waals surface area (Å²) < 4.78 is 0. The van der Waals surface area contributed by atoms with Gasteiger partial charge in [-0.25, -0.2) is 0 Å². The summed E-state index contributed by atoms with van der Waals surface area (Å²) in [5, 5.41) is 2.21. The molecule has 3 heteroatoms. The number of rotatable bonds is 3. The Morgan fingerprint density at radius 3 is 2.87 bits per heavy atom.